The molecule has 5 heteroatoms. The Balaban J connectivity index is 2.29. The molecule has 3 nitrogen and oxygen atoms in total. The lowest BCUT2D eigenvalue weighted by Gasteiger charge is -2.26. The van der Waals surface area contributed by atoms with E-state index >= 15 is 0 Å². The first-order valence-corrected chi connectivity index (χ1v) is 7.08. The van der Waals surface area contributed by atoms with Crippen LogP contribution in [0, 0.1) is 0 Å². The van der Waals surface area contributed by atoms with Crippen LogP contribution in [0.15, 0.2) is 29.2 Å². The summed E-state index contributed by atoms with van der Waals surface area (Å²) in [6, 6.07) is 6.45. The van der Waals surface area contributed by atoms with Gasteiger partial charge in [-0.1, -0.05) is 12.1 Å². The normalized spacial score (nSPS) is 17.1. The zero-order chi connectivity index (χ0) is 10.9. The number of halogens is 1. The maximum Gasteiger partial charge on any atom is 0.264 e. The van der Waals surface area contributed by atoms with Crippen molar-refractivity contribution < 1.29 is 13.2 Å². The van der Waals surface area contributed by atoms with Crippen molar-refractivity contribution in [2.75, 3.05) is 0 Å². The molecule has 1 aromatic carbocycles. The van der Waals surface area contributed by atoms with Gasteiger partial charge in [-0.2, -0.15) is 0 Å². The van der Waals surface area contributed by atoms with Crippen molar-refractivity contribution in [2.45, 2.75) is 30.3 Å². The van der Waals surface area contributed by atoms with E-state index in [2.05, 4.69) is 0 Å². The van der Waals surface area contributed by atoms with E-state index in [0.717, 1.165) is 19.3 Å². The van der Waals surface area contributed by atoms with Crippen LogP contribution in [0.2, 0.25) is 0 Å². The van der Waals surface area contributed by atoms with E-state index in [4.69, 9.17) is 15.4 Å². The van der Waals surface area contributed by atoms with Gasteiger partial charge in [0.2, 0.25) is 0 Å². The second-order valence-electron chi connectivity index (χ2n) is 3.56. The Morgan fingerprint density at radius 2 is 1.93 bits per heavy atom. The van der Waals surface area contributed by atoms with Crippen LogP contribution in [0.25, 0.3) is 0 Å². The standard InChI is InChI=1S/C10H11ClO3S/c11-15(12,13)10-7-2-1-6-9(10)14-8-4-3-5-8/h1-2,6-8H,3-5H2. The van der Waals surface area contributed by atoms with Crippen LogP contribution in [-0.4, -0.2) is 14.5 Å². The van der Waals surface area contributed by atoms with E-state index in [0.29, 0.717) is 5.75 Å². The monoisotopic (exact) mass is 246 g/mol. The van der Waals surface area contributed by atoms with Crippen LogP contribution >= 0.6 is 10.7 Å². The van der Waals surface area contributed by atoms with Crippen molar-refractivity contribution in [3.63, 3.8) is 0 Å². The van der Waals surface area contributed by atoms with Gasteiger partial charge in [-0.05, 0) is 31.4 Å². The molecule has 0 bridgehead atoms. The zero-order valence-electron chi connectivity index (χ0n) is 8.02. The molecule has 0 spiro atoms. The Labute approximate surface area is 93.4 Å². The molecule has 1 fully saturated rings. The Morgan fingerprint density at radius 3 is 2.47 bits per heavy atom. The third kappa shape index (κ3) is 2.44. The lowest BCUT2D eigenvalue weighted by atomic mass is 9.96. The SMILES string of the molecule is O=S(=O)(Cl)c1ccccc1OC1CCC1. The van der Waals surface area contributed by atoms with Crippen molar-refractivity contribution >= 4 is 19.7 Å². The Bertz CT molecular complexity index is 451. The van der Waals surface area contributed by atoms with Crippen molar-refractivity contribution in [3.05, 3.63) is 24.3 Å². The first-order valence-electron chi connectivity index (χ1n) is 4.78. The first-order chi connectivity index (χ1) is 7.07. The highest BCUT2D eigenvalue weighted by atomic mass is 35.7. The van der Waals surface area contributed by atoms with Crippen LogP contribution in [0.4, 0.5) is 0 Å². The summed E-state index contributed by atoms with van der Waals surface area (Å²) in [5, 5.41) is 0. The number of benzene rings is 1. The lowest BCUT2D eigenvalue weighted by molar-refractivity contribution is 0.117. The van der Waals surface area contributed by atoms with E-state index < -0.39 is 9.05 Å². The van der Waals surface area contributed by atoms with Gasteiger partial charge in [-0.15, -0.1) is 0 Å². The lowest BCUT2D eigenvalue weighted by Crippen LogP contribution is -2.25. The van der Waals surface area contributed by atoms with Gasteiger partial charge >= 0.3 is 0 Å². The highest BCUT2D eigenvalue weighted by molar-refractivity contribution is 8.13. The van der Waals surface area contributed by atoms with E-state index in [1.54, 1.807) is 18.2 Å². The van der Waals surface area contributed by atoms with Crippen LogP contribution in [0.3, 0.4) is 0 Å². The van der Waals surface area contributed by atoms with E-state index in [9.17, 15) is 8.42 Å². The molecule has 0 aliphatic heterocycles. The second kappa shape index (κ2) is 4.02. The minimum atomic E-state index is -3.72. The van der Waals surface area contributed by atoms with Crippen LogP contribution in [0.5, 0.6) is 5.75 Å². The van der Waals surface area contributed by atoms with Crippen LogP contribution in [0.1, 0.15) is 19.3 Å². The predicted molar refractivity (Wildman–Crippen MR) is 57.7 cm³/mol. The zero-order valence-corrected chi connectivity index (χ0v) is 9.59. The van der Waals surface area contributed by atoms with E-state index in [-0.39, 0.29) is 11.0 Å². The van der Waals surface area contributed by atoms with Gasteiger partial charge in [0.05, 0.1) is 6.10 Å². The number of hydrogen-bond acceptors (Lipinski definition) is 3. The summed E-state index contributed by atoms with van der Waals surface area (Å²) >= 11 is 0. The average molecular weight is 247 g/mol. The van der Waals surface area contributed by atoms with Gasteiger partial charge in [0.25, 0.3) is 9.05 Å². The summed E-state index contributed by atoms with van der Waals surface area (Å²) in [4.78, 5) is 0.0542. The fraction of sp³-hybridized carbons (Fsp3) is 0.400. The molecule has 0 unspecified atom stereocenters. The third-order valence-electron chi connectivity index (χ3n) is 2.46. The molecule has 1 aliphatic rings. The van der Waals surface area contributed by atoms with Crippen molar-refractivity contribution in [3.8, 4) is 5.75 Å². The van der Waals surface area contributed by atoms with E-state index in [1.165, 1.54) is 6.07 Å². The fourth-order valence-electron chi connectivity index (χ4n) is 1.42. The molecule has 0 atom stereocenters. The second-order valence-corrected chi connectivity index (χ2v) is 6.09. The molecular formula is C10H11ClO3S. The number of ether oxygens (including phenoxy) is 1. The average Bonchev–Trinajstić information content (AvgIpc) is 2.10. The van der Waals surface area contributed by atoms with Gasteiger partial charge in [0.1, 0.15) is 10.6 Å². The summed E-state index contributed by atoms with van der Waals surface area (Å²) in [5.41, 5.74) is 0. The van der Waals surface area contributed by atoms with E-state index in [1.807, 2.05) is 0 Å². The summed E-state index contributed by atoms with van der Waals surface area (Å²) in [7, 11) is 1.58. The molecule has 1 saturated carbocycles. The number of hydrogen-bond donors (Lipinski definition) is 0. The Kier molecular flexibility index (Phi) is 2.89. The van der Waals surface area contributed by atoms with Gasteiger partial charge in [0, 0.05) is 10.7 Å². The van der Waals surface area contributed by atoms with Gasteiger partial charge in [-0.25, -0.2) is 8.42 Å². The van der Waals surface area contributed by atoms with Crippen LogP contribution in [-0.2, 0) is 9.05 Å². The molecule has 2 rings (SSSR count). The van der Waals surface area contributed by atoms with Crippen molar-refractivity contribution in [2.24, 2.45) is 0 Å². The molecule has 0 heterocycles. The Morgan fingerprint density at radius 1 is 1.27 bits per heavy atom. The molecule has 0 aromatic heterocycles. The van der Waals surface area contributed by atoms with Crippen molar-refractivity contribution in [1.29, 1.82) is 0 Å². The molecule has 0 amide bonds. The summed E-state index contributed by atoms with van der Waals surface area (Å²) < 4.78 is 28.0. The summed E-state index contributed by atoms with van der Waals surface area (Å²) in [6.45, 7) is 0. The van der Waals surface area contributed by atoms with Crippen molar-refractivity contribution in [1.82, 2.24) is 0 Å². The highest BCUT2D eigenvalue weighted by Gasteiger charge is 2.23. The minimum absolute atomic E-state index is 0.0542. The van der Waals surface area contributed by atoms with Gasteiger partial charge < -0.3 is 4.74 Å². The molecule has 1 aromatic rings. The topological polar surface area (TPSA) is 43.4 Å². The summed E-state index contributed by atoms with van der Waals surface area (Å²) in [5.74, 6) is 0.359. The minimum Gasteiger partial charge on any atom is -0.489 e. The molecule has 0 radical (unpaired) electrons. The third-order valence-corrected chi connectivity index (χ3v) is 3.82. The molecule has 0 saturated heterocycles. The van der Waals surface area contributed by atoms with Gasteiger partial charge in [-0.3, -0.25) is 0 Å². The number of para-hydroxylation sites is 1. The predicted octanol–water partition coefficient (Wildman–Crippen LogP) is 2.55. The fourth-order valence-corrected chi connectivity index (χ4v) is 2.40. The first kappa shape index (κ1) is 10.8. The van der Waals surface area contributed by atoms with Crippen LogP contribution < -0.4 is 4.74 Å². The quantitative estimate of drug-likeness (QED) is 0.770. The molecule has 82 valence electrons. The maximum atomic E-state index is 11.2. The van der Waals surface area contributed by atoms with Gasteiger partial charge in [0.15, 0.2) is 0 Å². The smallest absolute Gasteiger partial charge is 0.264 e. The highest BCUT2D eigenvalue weighted by Crippen LogP contribution is 2.31. The summed E-state index contributed by atoms with van der Waals surface area (Å²) in [6.07, 6.45) is 3.25. The molecular weight excluding hydrogens is 236 g/mol. The molecule has 15 heavy (non-hydrogen) atoms. The number of rotatable bonds is 3. The largest absolute Gasteiger partial charge is 0.489 e. The molecule has 1 aliphatic carbocycles. The maximum absolute atomic E-state index is 11.2. The Hall–Kier alpha value is -0.740. The molecule has 0 N–H and O–H groups in total.